The van der Waals surface area contributed by atoms with Gasteiger partial charge in [0, 0.05) is 5.56 Å². The van der Waals surface area contributed by atoms with E-state index in [-0.39, 0.29) is 11.3 Å². The Labute approximate surface area is 149 Å². The summed E-state index contributed by atoms with van der Waals surface area (Å²) in [5.41, 5.74) is 16.7. The van der Waals surface area contributed by atoms with Gasteiger partial charge in [0.2, 0.25) is 5.91 Å². The molecule has 0 atom stereocenters. The maximum Gasteiger partial charge on any atom is 0.249 e. The highest BCUT2D eigenvalue weighted by atomic mass is 16.1. The van der Waals surface area contributed by atoms with Crippen molar-refractivity contribution in [3.8, 4) is 11.1 Å². The number of allylic oxidation sites excluding steroid dienone is 1. The molecule has 0 aliphatic heterocycles. The van der Waals surface area contributed by atoms with Crippen molar-refractivity contribution in [2.75, 3.05) is 0 Å². The van der Waals surface area contributed by atoms with Crippen molar-refractivity contribution in [1.82, 2.24) is 0 Å². The van der Waals surface area contributed by atoms with Crippen LogP contribution in [0, 0.1) is 0 Å². The van der Waals surface area contributed by atoms with Crippen LogP contribution in [0.15, 0.2) is 29.8 Å². The van der Waals surface area contributed by atoms with Crippen LogP contribution in [0.1, 0.15) is 65.9 Å². The van der Waals surface area contributed by atoms with Crippen LogP contribution in [0.2, 0.25) is 0 Å². The van der Waals surface area contributed by atoms with Crippen molar-refractivity contribution in [3.63, 3.8) is 0 Å². The Bertz CT molecular complexity index is 942. The molecule has 25 heavy (non-hydrogen) atoms. The molecule has 0 radical (unpaired) electrons. The van der Waals surface area contributed by atoms with E-state index in [2.05, 4.69) is 52.0 Å². The smallest absolute Gasteiger partial charge is 0.249 e. The lowest BCUT2D eigenvalue weighted by atomic mass is 9.76. The number of aryl methyl sites for hydroxylation is 1. The van der Waals surface area contributed by atoms with Crippen molar-refractivity contribution >= 4 is 12.0 Å². The molecule has 0 spiro atoms. The lowest BCUT2D eigenvalue weighted by Gasteiger charge is -2.28. The summed E-state index contributed by atoms with van der Waals surface area (Å²) in [6, 6.07) is 8.60. The molecule has 0 aromatic heterocycles. The fourth-order valence-electron chi connectivity index (χ4n) is 4.08. The zero-order valence-electron chi connectivity index (χ0n) is 15.5. The highest BCUT2D eigenvalue weighted by molar-refractivity contribution is 6.02. The van der Waals surface area contributed by atoms with Crippen molar-refractivity contribution in [2.24, 2.45) is 5.73 Å². The summed E-state index contributed by atoms with van der Waals surface area (Å²) in [7, 11) is 0. The first-order valence-corrected chi connectivity index (χ1v) is 9.05. The lowest BCUT2D eigenvalue weighted by molar-refractivity contribution is 0.100. The summed E-state index contributed by atoms with van der Waals surface area (Å²) in [5, 5.41) is 0. The summed E-state index contributed by atoms with van der Waals surface area (Å²) >= 11 is 0. The molecule has 0 saturated heterocycles. The van der Waals surface area contributed by atoms with Crippen LogP contribution in [-0.4, -0.2) is 5.91 Å². The van der Waals surface area contributed by atoms with Gasteiger partial charge in [0.15, 0.2) is 0 Å². The molecule has 2 nitrogen and oxygen atoms in total. The van der Waals surface area contributed by atoms with E-state index in [0.717, 1.165) is 24.8 Å². The van der Waals surface area contributed by atoms with E-state index in [1.165, 1.54) is 39.0 Å². The Kier molecular flexibility index (Phi) is 3.44. The molecule has 2 aliphatic carbocycles. The largest absolute Gasteiger partial charge is 0.366 e. The van der Waals surface area contributed by atoms with Gasteiger partial charge in [0.1, 0.15) is 0 Å². The minimum Gasteiger partial charge on any atom is -0.366 e. The summed E-state index contributed by atoms with van der Waals surface area (Å²) in [6.45, 7) is 8.89. The van der Waals surface area contributed by atoms with Crippen LogP contribution >= 0.6 is 0 Å². The molecular formula is C23H25NO. The normalized spacial score (nSPS) is 15.3. The van der Waals surface area contributed by atoms with Crippen molar-refractivity contribution in [1.29, 1.82) is 0 Å². The predicted molar refractivity (Wildman–Crippen MR) is 104 cm³/mol. The van der Waals surface area contributed by atoms with Crippen LogP contribution in [0.3, 0.4) is 0 Å². The summed E-state index contributed by atoms with van der Waals surface area (Å²) in [4.78, 5) is 12.1. The Hall–Kier alpha value is -2.35. The lowest BCUT2D eigenvalue weighted by Crippen LogP contribution is -2.19. The van der Waals surface area contributed by atoms with Crippen LogP contribution in [-0.2, 0) is 24.7 Å². The second-order valence-corrected chi connectivity index (χ2v) is 8.50. The van der Waals surface area contributed by atoms with Gasteiger partial charge in [0.05, 0.1) is 0 Å². The average molecular weight is 331 g/mol. The quantitative estimate of drug-likeness (QED) is 0.843. The number of nitrogens with two attached hydrogens (primary N) is 1. The highest BCUT2D eigenvalue weighted by Gasteiger charge is 2.28. The second kappa shape index (κ2) is 5.32. The molecule has 0 bridgehead atoms. The third-order valence-electron chi connectivity index (χ3n) is 5.60. The standard InChI is InChI=1S/C23H25NO/c1-13-9-15-11-16(23(2,3)4)12-20(19(15)10-13)21-17-7-5-14(17)6-8-18(21)22(24)25/h6,8-9,11-12H,5,7,10H2,1-4H3,(H2,24,25). The maximum absolute atomic E-state index is 12.1. The van der Waals surface area contributed by atoms with Gasteiger partial charge in [-0.1, -0.05) is 50.6 Å². The zero-order chi connectivity index (χ0) is 17.9. The average Bonchev–Trinajstić information content (AvgIpc) is 2.85. The molecular weight excluding hydrogens is 306 g/mol. The molecule has 2 heteroatoms. The number of primary amides is 1. The Morgan fingerprint density at radius 3 is 2.44 bits per heavy atom. The summed E-state index contributed by atoms with van der Waals surface area (Å²) in [6.07, 6.45) is 5.37. The number of rotatable bonds is 2. The molecule has 2 aromatic rings. The maximum atomic E-state index is 12.1. The number of hydrogen-bond acceptors (Lipinski definition) is 1. The molecule has 0 saturated carbocycles. The van der Waals surface area contributed by atoms with Gasteiger partial charge in [-0.3, -0.25) is 4.79 Å². The van der Waals surface area contributed by atoms with Crippen LogP contribution < -0.4 is 5.73 Å². The molecule has 128 valence electrons. The van der Waals surface area contributed by atoms with Gasteiger partial charge < -0.3 is 5.73 Å². The third kappa shape index (κ3) is 2.52. The SMILES string of the molecule is CC1=Cc2cc(C(C)(C)C)cc(-c3c(C(N)=O)ccc4c3CC4)c2C1. The van der Waals surface area contributed by atoms with Gasteiger partial charge in [-0.15, -0.1) is 0 Å². The second-order valence-electron chi connectivity index (χ2n) is 8.50. The number of carbonyl (C=O) groups is 1. The summed E-state index contributed by atoms with van der Waals surface area (Å²) < 4.78 is 0. The van der Waals surface area contributed by atoms with E-state index in [0.29, 0.717) is 5.56 Å². The van der Waals surface area contributed by atoms with E-state index in [1.54, 1.807) is 0 Å². The van der Waals surface area contributed by atoms with Crippen LogP contribution in [0.25, 0.3) is 17.2 Å². The minimum atomic E-state index is -0.331. The minimum absolute atomic E-state index is 0.0584. The predicted octanol–water partition coefficient (Wildman–Crippen LogP) is 4.81. The number of carbonyl (C=O) groups excluding carboxylic acids is 1. The summed E-state index contributed by atoms with van der Waals surface area (Å²) in [5.74, 6) is -0.331. The van der Waals surface area contributed by atoms with Gasteiger partial charge in [-0.25, -0.2) is 0 Å². The van der Waals surface area contributed by atoms with E-state index < -0.39 is 0 Å². The van der Waals surface area contributed by atoms with Crippen LogP contribution in [0.5, 0.6) is 0 Å². The highest BCUT2D eigenvalue weighted by Crippen LogP contribution is 2.43. The Morgan fingerprint density at radius 2 is 1.84 bits per heavy atom. The molecule has 4 rings (SSSR count). The first-order valence-electron chi connectivity index (χ1n) is 9.05. The number of amides is 1. The molecule has 2 N–H and O–H groups in total. The Balaban J connectivity index is 2.04. The number of benzene rings is 2. The van der Waals surface area contributed by atoms with Crippen LogP contribution in [0.4, 0.5) is 0 Å². The van der Waals surface area contributed by atoms with E-state index in [9.17, 15) is 4.79 Å². The van der Waals surface area contributed by atoms with E-state index in [4.69, 9.17) is 5.73 Å². The fourth-order valence-corrected chi connectivity index (χ4v) is 4.08. The molecule has 2 aliphatic rings. The van der Waals surface area contributed by atoms with Crippen molar-refractivity contribution in [3.05, 3.63) is 63.2 Å². The van der Waals surface area contributed by atoms with Gasteiger partial charge in [-0.2, -0.15) is 0 Å². The third-order valence-corrected chi connectivity index (χ3v) is 5.60. The number of hydrogen-bond donors (Lipinski definition) is 1. The van der Waals surface area contributed by atoms with E-state index in [1.807, 2.05) is 6.07 Å². The first-order chi connectivity index (χ1) is 11.8. The molecule has 0 unspecified atom stereocenters. The zero-order valence-corrected chi connectivity index (χ0v) is 15.5. The van der Waals surface area contributed by atoms with E-state index >= 15 is 0 Å². The van der Waals surface area contributed by atoms with Gasteiger partial charge in [-0.05, 0) is 76.6 Å². The topological polar surface area (TPSA) is 43.1 Å². The molecule has 1 amide bonds. The first kappa shape index (κ1) is 16.1. The number of fused-ring (bicyclic) bond motifs is 2. The molecule has 0 heterocycles. The van der Waals surface area contributed by atoms with Gasteiger partial charge >= 0.3 is 0 Å². The van der Waals surface area contributed by atoms with Crippen molar-refractivity contribution < 1.29 is 4.79 Å². The fraction of sp³-hybridized carbons (Fsp3) is 0.348. The Morgan fingerprint density at radius 1 is 1.08 bits per heavy atom. The van der Waals surface area contributed by atoms with Crippen molar-refractivity contribution in [2.45, 2.75) is 52.4 Å². The molecule has 0 fully saturated rings. The van der Waals surface area contributed by atoms with Gasteiger partial charge in [0.25, 0.3) is 0 Å². The molecule has 2 aromatic carbocycles. The monoisotopic (exact) mass is 331 g/mol.